The number of hydrogen-bond donors (Lipinski definition) is 0. The lowest BCUT2D eigenvalue weighted by Gasteiger charge is -2.45. The molecule has 8 nitrogen and oxygen atoms in total. The quantitative estimate of drug-likeness (QED) is 0.506. The van der Waals surface area contributed by atoms with E-state index in [2.05, 4.69) is 11.0 Å². The van der Waals surface area contributed by atoms with Gasteiger partial charge in [-0.1, -0.05) is 18.2 Å². The molecule has 1 aromatic carbocycles. The topological polar surface area (TPSA) is 81.5 Å². The molecule has 1 atom stereocenters. The normalized spacial score (nSPS) is 21.6. The molecule has 1 amide bonds. The van der Waals surface area contributed by atoms with E-state index in [1.807, 2.05) is 24.3 Å². The highest BCUT2D eigenvalue weighted by molar-refractivity contribution is 5.88. The summed E-state index contributed by atoms with van der Waals surface area (Å²) in [6, 6.07) is 10.0. The van der Waals surface area contributed by atoms with Crippen molar-refractivity contribution in [2.24, 2.45) is 5.92 Å². The number of para-hydroxylation sites is 1. The molecule has 2 aliphatic heterocycles. The first-order chi connectivity index (χ1) is 14.6. The highest BCUT2D eigenvalue weighted by atomic mass is 16.7. The third kappa shape index (κ3) is 3.82. The van der Waals surface area contributed by atoms with Crippen molar-refractivity contribution >= 4 is 22.8 Å². The number of likely N-dealkylation sites (tertiary alicyclic amines) is 1. The van der Waals surface area contributed by atoms with E-state index in [-0.39, 0.29) is 24.9 Å². The Kier molecular flexibility index (Phi) is 6.08. The highest BCUT2D eigenvalue weighted by Gasteiger charge is 2.58. The van der Waals surface area contributed by atoms with E-state index in [1.54, 1.807) is 7.11 Å². The molecule has 1 aromatic heterocycles. The van der Waals surface area contributed by atoms with Gasteiger partial charge in [-0.2, -0.15) is 0 Å². The molecule has 0 aliphatic carbocycles. The smallest absolute Gasteiger partial charge is 0.311 e. The highest BCUT2D eigenvalue weighted by Crippen LogP contribution is 2.44. The van der Waals surface area contributed by atoms with Crippen molar-refractivity contribution in [2.75, 3.05) is 40.5 Å². The molecule has 2 fully saturated rings. The van der Waals surface area contributed by atoms with Gasteiger partial charge in [-0.3, -0.25) is 19.3 Å². The zero-order valence-corrected chi connectivity index (χ0v) is 17.5. The number of esters is 1. The molecule has 2 saturated heterocycles. The van der Waals surface area contributed by atoms with Crippen molar-refractivity contribution in [1.29, 1.82) is 0 Å². The molecular weight excluding hydrogens is 388 g/mol. The molecule has 30 heavy (non-hydrogen) atoms. The first-order valence-corrected chi connectivity index (χ1v) is 10.3. The van der Waals surface area contributed by atoms with Crippen LogP contribution < -0.4 is 0 Å². The molecule has 3 heterocycles. The molecule has 8 heteroatoms. The van der Waals surface area contributed by atoms with Crippen LogP contribution in [0.5, 0.6) is 0 Å². The Hall–Kier alpha value is -2.42. The number of carbonyl (C=O) groups is 2. The molecule has 0 unspecified atom stereocenters. The summed E-state index contributed by atoms with van der Waals surface area (Å²) in [4.78, 5) is 33.2. The minimum Gasteiger partial charge on any atom is -0.469 e. The summed E-state index contributed by atoms with van der Waals surface area (Å²) in [7, 11) is 2.95. The number of furan rings is 1. The number of ether oxygens (including phenoxy) is 2. The van der Waals surface area contributed by atoms with Crippen molar-refractivity contribution in [3.05, 3.63) is 36.1 Å². The van der Waals surface area contributed by atoms with Crippen molar-refractivity contribution < 1.29 is 28.3 Å². The Morgan fingerprint density at radius 2 is 1.97 bits per heavy atom. The molecule has 0 radical (unpaired) electrons. The monoisotopic (exact) mass is 416 g/mol. The fourth-order valence-corrected chi connectivity index (χ4v) is 4.68. The van der Waals surface area contributed by atoms with Gasteiger partial charge in [0.1, 0.15) is 11.3 Å². The maximum atomic E-state index is 12.7. The Morgan fingerprint density at radius 1 is 1.20 bits per heavy atom. The van der Waals surface area contributed by atoms with Crippen molar-refractivity contribution in [2.45, 2.75) is 31.3 Å². The Balaban J connectivity index is 1.47. The standard InChI is InChI=1S/C22H28N2O6/c1-27-11-12-29-24-20(25)14-18(21(26)28-2)22(24)7-9-23(10-8-22)15-17-13-16-5-3-4-6-19(16)30-17/h3-6,13,18H,7-12,14-15H2,1-2H3/t18-/m1/s1. The number of piperidine rings is 1. The molecule has 1 spiro atoms. The van der Waals surface area contributed by atoms with Gasteiger partial charge in [-0.05, 0) is 25.0 Å². The van der Waals surface area contributed by atoms with Crippen LogP contribution in [-0.2, 0) is 30.4 Å². The van der Waals surface area contributed by atoms with E-state index < -0.39 is 11.5 Å². The lowest BCUT2D eigenvalue weighted by Crippen LogP contribution is -2.57. The van der Waals surface area contributed by atoms with Crippen molar-refractivity contribution in [3.8, 4) is 0 Å². The number of carbonyl (C=O) groups excluding carboxylic acids is 2. The third-order valence-corrected chi connectivity index (χ3v) is 6.23. The SMILES string of the molecule is COCCON1C(=O)C[C@H](C(=O)OC)C12CCN(Cc1cc3ccccc3o1)CC2. The zero-order valence-electron chi connectivity index (χ0n) is 17.5. The Bertz CT molecular complexity index is 869. The summed E-state index contributed by atoms with van der Waals surface area (Å²) in [6.07, 6.45) is 1.38. The average Bonchev–Trinajstić information content (AvgIpc) is 3.28. The number of nitrogens with zero attached hydrogens (tertiary/aromatic N) is 2. The van der Waals surface area contributed by atoms with Crippen LogP contribution in [0.1, 0.15) is 25.0 Å². The van der Waals surface area contributed by atoms with E-state index in [1.165, 1.54) is 12.2 Å². The Labute approximate surface area is 175 Å². The van der Waals surface area contributed by atoms with Crippen LogP contribution in [0.25, 0.3) is 11.0 Å². The van der Waals surface area contributed by atoms with Crippen LogP contribution in [-0.4, -0.2) is 67.9 Å². The van der Waals surface area contributed by atoms with Gasteiger partial charge in [0.15, 0.2) is 0 Å². The zero-order chi connectivity index (χ0) is 21.1. The third-order valence-electron chi connectivity index (χ3n) is 6.23. The van der Waals surface area contributed by atoms with Gasteiger partial charge in [-0.15, -0.1) is 0 Å². The predicted octanol–water partition coefficient (Wildman–Crippen LogP) is 2.37. The van der Waals surface area contributed by atoms with Crippen LogP contribution in [0, 0.1) is 5.92 Å². The number of hydroxylamine groups is 2. The van der Waals surface area contributed by atoms with Crippen molar-refractivity contribution in [3.63, 3.8) is 0 Å². The molecule has 4 rings (SSSR count). The first-order valence-electron chi connectivity index (χ1n) is 10.3. The molecule has 0 saturated carbocycles. The predicted molar refractivity (Wildman–Crippen MR) is 108 cm³/mol. The average molecular weight is 416 g/mol. The number of fused-ring (bicyclic) bond motifs is 1. The second kappa shape index (κ2) is 8.75. The number of hydrogen-bond acceptors (Lipinski definition) is 7. The number of rotatable bonds is 7. The van der Waals surface area contributed by atoms with Gasteiger partial charge in [0.25, 0.3) is 0 Å². The maximum Gasteiger partial charge on any atom is 0.311 e. The van der Waals surface area contributed by atoms with Crippen LogP contribution in [0.3, 0.4) is 0 Å². The minimum atomic E-state index is -0.678. The Morgan fingerprint density at radius 3 is 2.67 bits per heavy atom. The summed E-state index contributed by atoms with van der Waals surface area (Å²) in [5.41, 5.74) is 0.202. The number of benzene rings is 1. The molecular formula is C22H28N2O6. The molecule has 0 N–H and O–H groups in total. The van der Waals surface area contributed by atoms with Gasteiger partial charge >= 0.3 is 5.97 Å². The van der Waals surface area contributed by atoms with Gasteiger partial charge in [0.2, 0.25) is 5.91 Å². The van der Waals surface area contributed by atoms with Gasteiger partial charge in [0.05, 0.1) is 38.3 Å². The van der Waals surface area contributed by atoms with Crippen LogP contribution >= 0.6 is 0 Å². The first kappa shape index (κ1) is 20.8. The van der Waals surface area contributed by atoms with Crippen LogP contribution in [0.2, 0.25) is 0 Å². The van der Waals surface area contributed by atoms with Crippen molar-refractivity contribution in [1.82, 2.24) is 9.96 Å². The van der Waals surface area contributed by atoms with E-state index in [0.29, 0.717) is 26.0 Å². The summed E-state index contributed by atoms with van der Waals surface area (Å²) < 4.78 is 16.0. The van der Waals surface area contributed by atoms with E-state index in [4.69, 9.17) is 18.7 Å². The lowest BCUT2D eigenvalue weighted by atomic mass is 9.77. The molecule has 162 valence electrons. The maximum absolute atomic E-state index is 12.7. The summed E-state index contributed by atoms with van der Waals surface area (Å²) in [5, 5.41) is 2.53. The summed E-state index contributed by atoms with van der Waals surface area (Å²) in [5.74, 6) is -0.141. The van der Waals surface area contributed by atoms with E-state index >= 15 is 0 Å². The lowest BCUT2D eigenvalue weighted by molar-refractivity contribution is -0.227. The van der Waals surface area contributed by atoms with Crippen LogP contribution in [0.15, 0.2) is 34.7 Å². The van der Waals surface area contributed by atoms with Crippen LogP contribution in [0.4, 0.5) is 0 Å². The summed E-state index contributed by atoms with van der Waals surface area (Å²) >= 11 is 0. The molecule has 2 aliphatic rings. The fraction of sp³-hybridized carbons (Fsp3) is 0.545. The van der Waals surface area contributed by atoms with E-state index in [9.17, 15) is 9.59 Å². The largest absolute Gasteiger partial charge is 0.469 e. The van der Waals surface area contributed by atoms with Gasteiger partial charge in [-0.25, -0.2) is 5.06 Å². The fourth-order valence-electron chi connectivity index (χ4n) is 4.68. The number of amides is 1. The second-order valence-corrected chi connectivity index (χ2v) is 7.92. The molecule has 2 aromatic rings. The second-order valence-electron chi connectivity index (χ2n) is 7.92. The summed E-state index contributed by atoms with van der Waals surface area (Å²) in [6.45, 7) is 2.78. The van der Waals surface area contributed by atoms with Gasteiger partial charge < -0.3 is 13.9 Å². The molecule has 0 bridgehead atoms. The number of methoxy groups -OCH3 is 2. The minimum absolute atomic E-state index is 0.114. The van der Waals surface area contributed by atoms with E-state index in [0.717, 1.165) is 29.8 Å². The van der Waals surface area contributed by atoms with Gasteiger partial charge in [0, 0.05) is 32.0 Å².